The first-order valence-electron chi connectivity index (χ1n) is 5.04. The summed E-state index contributed by atoms with van der Waals surface area (Å²) in [5.41, 5.74) is 0.528. The van der Waals surface area contributed by atoms with E-state index >= 15 is 0 Å². The van der Waals surface area contributed by atoms with E-state index in [1.54, 1.807) is 12.1 Å². The fourth-order valence-corrected chi connectivity index (χ4v) is 1.17. The molecule has 0 aliphatic carbocycles. The summed E-state index contributed by atoms with van der Waals surface area (Å²) < 4.78 is 0. The van der Waals surface area contributed by atoms with Crippen molar-refractivity contribution in [3.8, 4) is 0 Å². The molecule has 0 saturated heterocycles. The number of nitrogens with zero attached hydrogens (tertiary/aromatic N) is 1. The quantitative estimate of drug-likeness (QED) is 0.603. The minimum atomic E-state index is -0.468. The van der Waals surface area contributed by atoms with Crippen molar-refractivity contribution in [2.75, 3.05) is 20.8 Å². The van der Waals surface area contributed by atoms with Crippen LogP contribution in [0.5, 0.6) is 0 Å². The van der Waals surface area contributed by atoms with Crippen molar-refractivity contribution in [2.24, 2.45) is 0 Å². The van der Waals surface area contributed by atoms with Gasteiger partial charge in [0.15, 0.2) is 6.29 Å². The van der Waals surface area contributed by atoms with Crippen molar-refractivity contribution in [1.82, 2.24) is 5.06 Å². The van der Waals surface area contributed by atoms with Crippen LogP contribution in [0.3, 0.4) is 0 Å². The van der Waals surface area contributed by atoms with Gasteiger partial charge in [-0.25, -0.2) is 5.06 Å². The van der Waals surface area contributed by atoms with Crippen LogP contribution in [0.25, 0.3) is 0 Å². The van der Waals surface area contributed by atoms with Crippen LogP contribution in [-0.2, 0) is 9.63 Å². The van der Waals surface area contributed by atoms with Gasteiger partial charge in [0.2, 0.25) is 0 Å². The standard InChI is InChI=1S/C11H11NO4.CH4O/c1-12(16-7-6-13)11(15)10-5-3-2-4-9(10)8-14;1-2/h2-6,8H,7H2,1H3;2H,1H3. The van der Waals surface area contributed by atoms with Crippen LogP contribution >= 0.6 is 0 Å². The van der Waals surface area contributed by atoms with E-state index in [9.17, 15) is 14.4 Å². The first kappa shape index (κ1) is 16.0. The third-order valence-electron chi connectivity index (χ3n) is 1.94. The van der Waals surface area contributed by atoms with Crippen molar-refractivity contribution < 1.29 is 24.3 Å². The number of rotatable bonds is 5. The monoisotopic (exact) mass is 253 g/mol. The van der Waals surface area contributed by atoms with Gasteiger partial charge in [0, 0.05) is 19.7 Å². The zero-order valence-electron chi connectivity index (χ0n) is 10.2. The van der Waals surface area contributed by atoms with Crippen LogP contribution in [0.2, 0.25) is 0 Å². The molecule has 1 N–H and O–H groups in total. The van der Waals surface area contributed by atoms with Gasteiger partial charge in [-0.15, -0.1) is 0 Å². The lowest BCUT2D eigenvalue weighted by Gasteiger charge is -2.15. The smallest absolute Gasteiger partial charge is 0.277 e. The normalized spacial score (nSPS) is 8.83. The molecule has 98 valence electrons. The molecule has 0 heterocycles. The molecule has 0 aliphatic heterocycles. The lowest BCUT2D eigenvalue weighted by molar-refractivity contribution is -0.132. The van der Waals surface area contributed by atoms with Crippen molar-refractivity contribution in [2.45, 2.75) is 0 Å². The average Bonchev–Trinajstić information content (AvgIpc) is 2.45. The summed E-state index contributed by atoms with van der Waals surface area (Å²) in [6, 6.07) is 6.36. The fraction of sp³-hybridized carbons (Fsp3) is 0.250. The zero-order valence-corrected chi connectivity index (χ0v) is 10.2. The van der Waals surface area contributed by atoms with E-state index in [0.717, 1.165) is 12.2 Å². The van der Waals surface area contributed by atoms with Crippen molar-refractivity contribution >= 4 is 18.5 Å². The van der Waals surface area contributed by atoms with Gasteiger partial charge >= 0.3 is 0 Å². The molecule has 0 atom stereocenters. The summed E-state index contributed by atoms with van der Waals surface area (Å²) in [5.74, 6) is -0.468. The van der Waals surface area contributed by atoms with E-state index < -0.39 is 5.91 Å². The molecule has 0 fully saturated rings. The molecule has 1 aromatic rings. The molecular weight excluding hydrogens is 238 g/mol. The van der Waals surface area contributed by atoms with Gasteiger partial charge in [-0.2, -0.15) is 0 Å². The SMILES string of the molecule is CN(OCC=O)C(=O)c1ccccc1C=O.CO. The highest BCUT2D eigenvalue weighted by Gasteiger charge is 2.15. The Labute approximate surface area is 105 Å². The number of aliphatic hydroxyl groups is 1. The molecule has 0 aromatic heterocycles. The van der Waals surface area contributed by atoms with Gasteiger partial charge in [-0.05, 0) is 6.07 Å². The second-order valence-corrected chi connectivity index (χ2v) is 2.97. The Balaban J connectivity index is 0.00000137. The number of hydroxylamine groups is 2. The second-order valence-electron chi connectivity index (χ2n) is 2.97. The lowest BCUT2D eigenvalue weighted by atomic mass is 10.1. The molecule has 1 rings (SSSR count). The highest BCUT2D eigenvalue weighted by molar-refractivity contribution is 6.00. The maximum absolute atomic E-state index is 11.8. The number of hydrogen-bond acceptors (Lipinski definition) is 5. The number of aldehydes is 2. The molecule has 0 aliphatic rings. The van der Waals surface area contributed by atoms with Gasteiger partial charge in [-0.3, -0.25) is 14.4 Å². The van der Waals surface area contributed by atoms with Crippen molar-refractivity contribution in [3.63, 3.8) is 0 Å². The molecule has 6 heteroatoms. The molecule has 1 aromatic carbocycles. The molecule has 0 bridgehead atoms. The van der Waals surface area contributed by atoms with Crippen LogP contribution in [0.1, 0.15) is 20.7 Å². The van der Waals surface area contributed by atoms with Crippen LogP contribution in [0.4, 0.5) is 0 Å². The number of hydrogen-bond donors (Lipinski definition) is 1. The number of aliphatic hydroxyl groups excluding tert-OH is 1. The third kappa shape index (κ3) is 4.44. The number of carbonyl (C=O) groups excluding carboxylic acids is 3. The van der Waals surface area contributed by atoms with Crippen LogP contribution in [0, 0.1) is 0 Å². The number of amides is 1. The van der Waals surface area contributed by atoms with Crippen molar-refractivity contribution in [3.05, 3.63) is 35.4 Å². The van der Waals surface area contributed by atoms with E-state index in [2.05, 4.69) is 0 Å². The average molecular weight is 253 g/mol. The van der Waals surface area contributed by atoms with Crippen molar-refractivity contribution in [1.29, 1.82) is 0 Å². The minimum Gasteiger partial charge on any atom is -0.400 e. The Morgan fingerprint density at radius 2 is 1.94 bits per heavy atom. The molecular formula is C12H15NO5. The highest BCUT2D eigenvalue weighted by Crippen LogP contribution is 2.09. The molecule has 0 saturated carbocycles. The molecule has 0 unspecified atom stereocenters. The van der Waals surface area contributed by atoms with E-state index in [1.807, 2.05) is 0 Å². The van der Waals surface area contributed by atoms with Gasteiger partial charge in [0.25, 0.3) is 5.91 Å². The predicted octanol–water partition coefficient (Wildman–Crippen LogP) is 0.310. The summed E-state index contributed by atoms with van der Waals surface area (Å²) in [5, 5.41) is 7.93. The largest absolute Gasteiger partial charge is 0.400 e. The molecule has 0 radical (unpaired) electrons. The molecule has 0 spiro atoms. The lowest BCUT2D eigenvalue weighted by Crippen LogP contribution is -2.28. The summed E-state index contributed by atoms with van der Waals surface area (Å²) in [6.07, 6.45) is 1.14. The van der Waals surface area contributed by atoms with E-state index in [1.165, 1.54) is 19.2 Å². The van der Waals surface area contributed by atoms with Crippen LogP contribution < -0.4 is 0 Å². The van der Waals surface area contributed by atoms with E-state index in [0.29, 0.717) is 12.6 Å². The Kier molecular flexibility index (Phi) is 8.00. The molecule has 18 heavy (non-hydrogen) atoms. The summed E-state index contributed by atoms with van der Waals surface area (Å²) >= 11 is 0. The second kappa shape index (κ2) is 9.03. The maximum atomic E-state index is 11.8. The Morgan fingerprint density at radius 3 is 2.50 bits per heavy atom. The highest BCUT2D eigenvalue weighted by atomic mass is 16.7. The third-order valence-corrected chi connectivity index (χ3v) is 1.94. The van der Waals surface area contributed by atoms with Gasteiger partial charge in [-0.1, -0.05) is 18.2 Å². The summed E-state index contributed by atoms with van der Waals surface area (Å²) in [7, 11) is 2.38. The molecule has 6 nitrogen and oxygen atoms in total. The first-order chi connectivity index (χ1) is 8.70. The van der Waals surface area contributed by atoms with Crippen LogP contribution in [-0.4, -0.2) is 49.4 Å². The zero-order chi connectivity index (χ0) is 14.0. The Bertz CT molecular complexity index is 405. The minimum absolute atomic E-state index is 0.203. The summed E-state index contributed by atoms with van der Waals surface area (Å²) in [4.78, 5) is 37.3. The maximum Gasteiger partial charge on any atom is 0.277 e. The predicted molar refractivity (Wildman–Crippen MR) is 64.1 cm³/mol. The van der Waals surface area contributed by atoms with E-state index in [4.69, 9.17) is 9.94 Å². The van der Waals surface area contributed by atoms with Gasteiger partial charge in [0.1, 0.15) is 12.9 Å². The van der Waals surface area contributed by atoms with E-state index in [-0.39, 0.29) is 17.7 Å². The van der Waals surface area contributed by atoms with Crippen LogP contribution in [0.15, 0.2) is 24.3 Å². The first-order valence-corrected chi connectivity index (χ1v) is 5.04. The summed E-state index contributed by atoms with van der Waals surface area (Å²) in [6.45, 7) is -0.203. The Hall–Kier alpha value is -2.05. The topological polar surface area (TPSA) is 83.9 Å². The number of benzene rings is 1. The number of carbonyl (C=O) groups is 3. The van der Waals surface area contributed by atoms with Gasteiger partial charge < -0.3 is 9.90 Å². The van der Waals surface area contributed by atoms with Gasteiger partial charge in [0.05, 0.1) is 5.56 Å². The fourth-order valence-electron chi connectivity index (χ4n) is 1.17. The Morgan fingerprint density at radius 1 is 1.33 bits per heavy atom. The molecule has 1 amide bonds.